The van der Waals surface area contributed by atoms with Crippen molar-refractivity contribution in [3.05, 3.63) is 0 Å². The van der Waals surface area contributed by atoms with Crippen molar-refractivity contribution in [2.45, 2.75) is 46.0 Å². The van der Waals surface area contributed by atoms with E-state index in [9.17, 15) is 13.2 Å². The molecule has 0 aliphatic heterocycles. The van der Waals surface area contributed by atoms with Gasteiger partial charge in [-0.15, -0.1) is 0 Å². The van der Waals surface area contributed by atoms with Gasteiger partial charge in [0.1, 0.15) is 15.6 Å². The van der Waals surface area contributed by atoms with Gasteiger partial charge in [0.25, 0.3) is 0 Å². The van der Waals surface area contributed by atoms with Crippen LogP contribution in [0.15, 0.2) is 0 Å². The number of carbonyl (C=O) groups excluding carboxylic acids is 1. The van der Waals surface area contributed by atoms with Gasteiger partial charge in [-0.1, -0.05) is 26.7 Å². The zero-order valence-corrected chi connectivity index (χ0v) is 10.8. The van der Waals surface area contributed by atoms with Gasteiger partial charge in [-0.25, -0.2) is 8.42 Å². The zero-order valence-electron chi connectivity index (χ0n) is 9.95. The summed E-state index contributed by atoms with van der Waals surface area (Å²) in [5, 5.41) is 0. The van der Waals surface area contributed by atoms with E-state index >= 15 is 0 Å². The number of sulfone groups is 1. The zero-order chi connectivity index (χ0) is 11.9. The molecule has 0 spiro atoms. The first-order valence-corrected chi connectivity index (χ1v) is 7.67. The second-order valence-corrected chi connectivity index (χ2v) is 6.38. The van der Waals surface area contributed by atoms with Crippen molar-refractivity contribution in [3.8, 4) is 0 Å². The van der Waals surface area contributed by atoms with Gasteiger partial charge in [0.2, 0.25) is 0 Å². The van der Waals surface area contributed by atoms with Crippen LogP contribution in [0, 0.1) is 5.92 Å². The Hall–Kier alpha value is -0.380. The van der Waals surface area contributed by atoms with Gasteiger partial charge in [-0.3, -0.25) is 4.79 Å². The molecular weight excluding hydrogens is 212 g/mol. The molecule has 0 N–H and O–H groups in total. The van der Waals surface area contributed by atoms with Crippen molar-refractivity contribution >= 4 is 15.6 Å². The number of rotatable bonds is 8. The lowest BCUT2D eigenvalue weighted by atomic mass is 9.92. The Labute approximate surface area is 93.2 Å². The Bertz CT molecular complexity index is 274. The summed E-state index contributed by atoms with van der Waals surface area (Å²) >= 11 is 0. The second-order valence-electron chi connectivity index (χ2n) is 4.12. The van der Waals surface area contributed by atoms with Gasteiger partial charge in [0.05, 0.1) is 5.75 Å². The van der Waals surface area contributed by atoms with Gasteiger partial charge in [-0.05, 0) is 12.8 Å². The summed E-state index contributed by atoms with van der Waals surface area (Å²) in [5.74, 6) is 0.182. The van der Waals surface area contributed by atoms with E-state index in [0.717, 1.165) is 25.7 Å². The highest BCUT2D eigenvalue weighted by atomic mass is 32.2. The normalized spacial score (nSPS) is 12.0. The number of hydrogen-bond acceptors (Lipinski definition) is 3. The fourth-order valence-electron chi connectivity index (χ4n) is 1.65. The molecule has 0 atom stereocenters. The molecule has 0 bridgehead atoms. The van der Waals surface area contributed by atoms with Crippen molar-refractivity contribution in [2.24, 2.45) is 5.92 Å². The van der Waals surface area contributed by atoms with Crippen LogP contribution in [-0.4, -0.2) is 26.2 Å². The summed E-state index contributed by atoms with van der Waals surface area (Å²) in [6.07, 6.45) is 5.09. The molecule has 0 aromatic rings. The molecule has 0 rings (SSSR count). The minimum atomic E-state index is -3.00. The monoisotopic (exact) mass is 234 g/mol. The van der Waals surface area contributed by atoms with Crippen LogP contribution in [0.25, 0.3) is 0 Å². The standard InChI is InChI=1S/C11H22O3S/c1-4-6-10(7-5-2)11(12)8-9-15(3,13)14/h10H,4-9H2,1-3H3. The van der Waals surface area contributed by atoms with Gasteiger partial charge in [0.15, 0.2) is 0 Å². The third kappa shape index (κ3) is 7.54. The summed E-state index contributed by atoms with van der Waals surface area (Å²) in [7, 11) is -3.00. The van der Waals surface area contributed by atoms with Crippen LogP contribution < -0.4 is 0 Å². The molecule has 0 radical (unpaired) electrons. The fourth-order valence-corrected chi connectivity index (χ4v) is 2.23. The Morgan fingerprint density at radius 3 is 1.93 bits per heavy atom. The molecule has 0 aliphatic carbocycles. The maximum absolute atomic E-state index is 11.7. The van der Waals surface area contributed by atoms with E-state index in [0.29, 0.717) is 0 Å². The average molecular weight is 234 g/mol. The van der Waals surface area contributed by atoms with Gasteiger partial charge >= 0.3 is 0 Å². The summed E-state index contributed by atoms with van der Waals surface area (Å²) in [4.78, 5) is 11.7. The minimum absolute atomic E-state index is 0.00420. The summed E-state index contributed by atoms with van der Waals surface area (Å²) < 4.78 is 21.8. The van der Waals surface area contributed by atoms with Crippen molar-refractivity contribution in [1.82, 2.24) is 0 Å². The third-order valence-electron chi connectivity index (χ3n) is 2.45. The first kappa shape index (κ1) is 14.6. The van der Waals surface area contributed by atoms with Crippen LogP contribution in [0.3, 0.4) is 0 Å². The molecule has 0 aliphatic rings. The van der Waals surface area contributed by atoms with Crippen LogP contribution >= 0.6 is 0 Å². The molecule has 0 unspecified atom stereocenters. The van der Waals surface area contributed by atoms with Crippen LogP contribution in [-0.2, 0) is 14.6 Å². The Kier molecular flexibility index (Phi) is 6.81. The molecular formula is C11H22O3S. The number of carbonyl (C=O) groups is 1. The highest BCUT2D eigenvalue weighted by molar-refractivity contribution is 7.90. The van der Waals surface area contributed by atoms with Crippen LogP contribution in [0.5, 0.6) is 0 Å². The molecule has 15 heavy (non-hydrogen) atoms. The number of hydrogen-bond donors (Lipinski definition) is 0. The third-order valence-corrected chi connectivity index (χ3v) is 3.39. The first-order chi connectivity index (χ1) is 6.90. The molecule has 0 fully saturated rings. The predicted octanol–water partition coefficient (Wildman–Crippen LogP) is 2.21. The van der Waals surface area contributed by atoms with E-state index in [1.807, 2.05) is 13.8 Å². The van der Waals surface area contributed by atoms with Crippen molar-refractivity contribution in [1.29, 1.82) is 0 Å². The lowest BCUT2D eigenvalue weighted by Gasteiger charge is -2.13. The van der Waals surface area contributed by atoms with E-state index in [1.54, 1.807) is 0 Å². The topological polar surface area (TPSA) is 51.2 Å². The summed E-state index contributed by atoms with van der Waals surface area (Å²) in [6.45, 7) is 4.10. The number of Topliss-reactive ketones (excluding diaryl/α,β-unsaturated/α-hetero) is 1. The van der Waals surface area contributed by atoms with E-state index in [-0.39, 0.29) is 23.9 Å². The minimum Gasteiger partial charge on any atom is -0.299 e. The Morgan fingerprint density at radius 1 is 1.13 bits per heavy atom. The molecule has 0 aromatic heterocycles. The molecule has 0 aromatic carbocycles. The summed E-state index contributed by atoms with van der Waals surface area (Å²) in [5.41, 5.74) is 0. The molecule has 0 amide bonds. The summed E-state index contributed by atoms with van der Waals surface area (Å²) in [6, 6.07) is 0. The van der Waals surface area contributed by atoms with Gasteiger partial charge in [0, 0.05) is 18.6 Å². The molecule has 0 saturated carbocycles. The average Bonchev–Trinajstić information content (AvgIpc) is 2.13. The van der Waals surface area contributed by atoms with Crippen molar-refractivity contribution in [2.75, 3.05) is 12.0 Å². The van der Waals surface area contributed by atoms with E-state index in [4.69, 9.17) is 0 Å². The van der Waals surface area contributed by atoms with Crippen LogP contribution in [0.1, 0.15) is 46.0 Å². The van der Waals surface area contributed by atoms with Crippen molar-refractivity contribution in [3.63, 3.8) is 0 Å². The Balaban J connectivity index is 4.13. The molecule has 90 valence electrons. The van der Waals surface area contributed by atoms with E-state index in [1.165, 1.54) is 6.26 Å². The quantitative estimate of drug-likeness (QED) is 0.647. The second kappa shape index (κ2) is 6.99. The van der Waals surface area contributed by atoms with Gasteiger partial charge < -0.3 is 0 Å². The SMILES string of the molecule is CCCC(CCC)C(=O)CCS(C)(=O)=O. The lowest BCUT2D eigenvalue weighted by molar-refractivity contribution is -0.122. The highest BCUT2D eigenvalue weighted by Crippen LogP contribution is 2.16. The lowest BCUT2D eigenvalue weighted by Crippen LogP contribution is -2.18. The molecule has 3 nitrogen and oxygen atoms in total. The smallest absolute Gasteiger partial charge is 0.147 e. The Morgan fingerprint density at radius 2 is 1.60 bits per heavy atom. The van der Waals surface area contributed by atoms with Crippen LogP contribution in [0.4, 0.5) is 0 Å². The maximum atomic E-state index is 11.7. The highest BCUT2D eigenvalue weighted by Gasteiger charge is 2.17. The van der Waals surface area contributed by atoms with Gasteiger partial charge in [-0.2, -0.15) is 0 Å². The fraction of sp³-hybridized carbons (Fsp3) is 0.909. The molecule has 4 heteroatoms. The maximum Gasteiger partial charge on any atom is 0.147 e. The number of ketones is 1. The van der Waals surface area contributed by atoms with E-state index < -0.39 is 9.84 Å². The van der Waals surface area contributed by atoms with E-state index in [2.05, 4.69) is 0 Å². The predicted molar refractivity (Wildman–Crippen MR) is 62.6 cm³/mol. The largest absolute Gasteiger partial charge is 0.299 e. The molecule has 0 saturated heterocycles. The first-order valence-electron chi connectivity index (χ1n) is 5.61. The molecule has 0 heterocycles. The van der Waals surface area contributed by atoms with Crippen molar-refractivity contribution < 1.29 is 13.2 Å². The van der Waals surface area contributed by atoms with Crippen LogP contribution in [0.2, 0.25) is 0 Å².